The lowest BCUT2D eigenvalue weighted by atomic mass is 10.2. The van der Waals surface area contributed by atoms with Crippen LogP contribution in [0, 0.1) is 0 Å². The normalized spacial score (nSPS) is 10.5. The first-order valence-corrected chi connectivity index (χ1v) is 5.77. The van der Waals surface area contributed by atoms with Gasteiger partial charge in [0.25, 0.3) is 0 Å². The van der Waals surface area contributed by atoms with Crippen molar-refractivity contribution in [3.8, 4) is 11.4 Å². The van der Waals surface area contributed by atoms with E-state index in [9.17, 15) is 0 Å². The predicted molar refractivity (Wildman–Crippen MR) is 61.9 cm³/mol. The van der Waals surface area contributed by atoms with Crippen molar-refractivity contribution in [2.75, 3.05) is 5.88 Å². The van der Waals surface area contributed by atoms with Crippen molar-refractivity contribution in [2.24, 2.45) is 0 Å². The Morgan fingerprint density at radius 2 is 2.27 bits per heavy atom. The number of rotatable bonds is 3. The van der Waals surface area contributed by atoms with Crippen molar-refractivity contribution in [2.45, 2.75) is 6.42 Å². The lowest BCUT2D eigenvalue weighted by Gasteiger charge is -1.93. The number of aromatic nitrogens is 2. The number of aryl methyl sites for hydroxylation is 1. The standard InChI is InChI=1S/C10H8BrClN2O/c11-8-3-1-2-7(6-8)10-13-9(4-5-12)15-14-10/h1-3,6H,4-5H2. The molecule has 0 spiro atoms. The third-order valence-electron chi connectivity index (χ3n) is 1.86. The third-order valence-corrected chi connectivity index (χ3v) is 2.54. The zero-order chi connectivity index (χ0) is 10.7. The van der Waals surface area contributed by atoms with Crippen LogP contribution in [0.2, 0.25) is 0 Å². The Balaban J connectivity index is 2.29. The summed E-state index contributed by atoms with van der Waals surface area (Å²) in [6.45, 7) is 0. The highest BCUT2D eigenvalue weighted by Gasteiger charge is 2.07. The minimum atomic E-state index is 0.486. The Labute approximate surface area is 101 Å². The Hall–Kier alpha value is -0.870. The minimum absolute atomic E-state index is 0.486. The monoisotopic (exact) mass is 286 g/mol. The highest BCUT2D eigenvalue weighted by atomic mass is 79.9. The van der Waals surface area contributed by atoms with Crippen LogP contribution in [0.1, 0.15) is 5.89 Å². The molecule has 0 aliphatic rings. The van der Waals surface area contributed by atoms with Crippen molar-refractivity contribution < 1.29 is 4.52 Å². The fourth-order valence-electron chi connectivity index (χ4n) is 1.18. The summed E-state index contributed by atoms with van der Waals surface area (Å²) in [5, 5.41) is 3.88. The summed E-state index contributed by atoms with van der Waals surface area (Å²) in [6, 6.07) is 7.75. The molecular weight excluding hydrogens is 279 g/mol. The lowest BCUT2D eigenvalue weighted by Crippen LogP contribution is -1.85. The van der Waals surface area contributed by atoms with Crippen molar-refractivity contribution in [1.29, 1.82) is 0 Å². The van der Waals surface area contributed by atoms with Gasteiger partial charge in [0.05, 0.1) is 0 Å². The SMILES string of the molecule is ClCCc1nc(-c2cccc(Br)c2)no1. The molecule has 0 amide bonds. The van der Waals surface area contributed by atoms with Gasteiger partial charge in [-0.3, -0.25) is 0 Å². The topological polar surface area (TPSA) is 38.9 Å². The van der Waals surface area contributed by atoms with Crippen LogP contribution >= 0.6 is 27.5 Å². The molecule has 0 N–H and O–H groups in total. The summed E-state index contributed by atoms with van der Waals surface area (Å²) in [5.74, 6) is 1.65. The summed E-state index contributed by atoms with van der Waals surface area (Å²) < 4.78 is 6.03. The van der Waals surface area contributed by atoms with Gasteiger partial charge in [0.15, 0.2) is 0 Å². The van der Waals surface area contributed by atoms with E-state index >= 15 is 0 Å². The molecule has 2 aromatic rings. The Kier molecular flexibility index (Phi) is 3.38. The van der Waals surface area contributed by atoms with Crippen LogP contribution < -0.4 is 0 Å². The quantitative estimate of drug-likeness (QED) is 0.813. The first-order chi connectivity index (χ1) is 7.29. The van der Waals surface area contributed by atoms with Gasteiger partial charge in [-0.25, -0.2) is 0 Å². The average Bonchev–Trinajstić information content (AvgIpc) is 2.67. The van der Waals surface area contributed by atoms with Crippen LogP contribution in [-0.2, 0) is 6.42 Å². The van der Waals surface area contributed by atoms with Crippen LogP contribution in [-0.4, -0.2) is 16.0 Å². The van der Waals surface area contributed by atoms with E-state index in [1.54, 1.807) is 0 Å². The first kappa shape index (κ1) is 10.6. The van der Waals surface area contributed by atoms with E-state index in [2.05, 4.69) is 26.1 Å². The van der Waals surface area contributed by atoms with E-state index in [1.807, 2.05) is 24.3 Å². The number of alkyl halides is 1. The first-order valence-electron chi connectivity index (χ1n) is 4.44. The van der Waals surface area contributed by atoms with Crippen LogP contribution in [0.15, 0.2) is 33.3 Å². The summed E-state index contributed by atoms with van der Waals surface area (Å²) in [6.07, 6.45) is 0.600. The van der Waals surface area contributed by atoms with E-state index in [-0.39, 0.29) is 0 Å². The molecule has 0 aliphatic heterocycles. The highest BCUT2D eigenvalue weighted by Crippen LogP contribution is 2.20. The maximum Gasteiger partial charge on any atom is 0.228 e. The van der Waals surface area contributed by atoms with Gasteiger partial charge < -0.3 is 4.52 Å². The third kappa shape index (κ3) is 2.58. The Morgan fingerprint density at radius 3 is 3.00 bits per heavy atom. The predicted octanol–water partition coefficient (Wildman–Crippen LogP) is 3.28. The molecular formula is C10H8BrClN2O. The molecule has 0 aliphatic carbocycles. The zero-order valence-corrected chi connectivity index (χ0v) is 10.1. The molecule has 78 valence electrons. The molecule has 2 rings (SSSR count). The number of hydrogen-bond acceptors (Lipinski definition) is 3. The molecule has 0 saturated carbocycles. The van der Waals surface area contributed by atoms with Crippen LogP contribution in [0.3, 0.4) is 0 Å². The van der Waals surface area contributed by atoms with Gasteiger partial charge >= 0.3 is 0 Å². The molecule has 5 heteroatoms. The van der Waals surface area contributed by atoms with Crippen LogP contribution in [0.5, 0.6) is 0 Å². The van der Waals surface area contributed by atoms with Gasteiger partial charge in [0, 0.05) is 22.3 Å². The number of hydrogen-bond donors (Lipinski definition) is 0. The maximum atomic E-state index is 5.58. The molecule has 0 bridgehead atoms. The van der Waals surface area contributed by atoms with Crippen molar-refractivity contribution in [3.05, 3.63) is 34.6 Å². The van der Waals surface area contributed by atoms with Gasteiger partial charge in [-0.1, -0.05) is 33.2 Å². The van der Waals surface area contributed by atoms with Crippen molar-refractivity contribution in [3.63, 3.8) is 0 Å². The highest BCUT2D eigenvalue weighted by molar-refractivity contribution is 9.10. The number of benzene rings is 1. The second-order valence-corrected chi connectivity index (χ2v) is 4.25. The van der Waals surface area contributed by atoms with E-state index in [4.69, 9.17) is 16.1 Å². The number of nitrogens with zero attached hydrogens (tertiary/aromatic N) is 2. The van der Waals surface area contributed by atoms with Gasteiger partial charge in [-0.15, -0.1) is 11.6 Å². The van der Waals surface area contributed by atoms with E-state index in [0.29, 0.717) is 24.0 Å². The average molecular weight is 288 g/mol. The smallest absolute Gasteiger partial charge is 0.228 e. The summed E-state index contributed by atoms with van der Waals surface area (Å²) >= 11 is 8.97. The Morgan fingerprint density at radius 1 is 1.40 bits per heavy atom. The molecule has 0 radical (unpaired) electrons. The molecule has 0 unspecified atom stereocenters. The van der Waals surface area contributed by atoms with Crippen molar-refractivity contribution >= 4 is 27.5 Å². The summed E-state index contributed by atoms with van der Waals surface area (Å²) in [7, 11) is 0. The summed E-state index contributed by atoms with van der Waals surface area (Å²) in [4.78, 5) is 4.23. The molecule has 0 saturated heterocycles. The van der Waals surface area contributed by atoms with Crippen LogP contribution in [0.4, 0.5) is 0 Å². The molecule has 1 aromatic heterocycles. The minimum Gasteiger partial charge on any atom is -0.339 e. The van der Waals surface area contributed by atoms with Gasteiger partial charge in [-0.05, 0) is 12.1 Å². The Bertz CT molecular complexity index is 458. The molecule has 1 heterocycles. The largest absolute Gasteiger partial charge is 0.339 e. The second kappa shape index (κ2) is 4.77. The molecule has 1 aromatic carbocycles. The van der Waals surface area contributed by atoms with E-state index < -0.39 is 0 Å². The van der Waals surface area contributed by atoms with E-state index in [0.717, 1.165) is 10.0 Å². The van der Waals surface area contributed by atoms with Gasteiger partial charge in [0.1, 0.15) is 0 Å². The fourth-order valence-corrected chi connectivity index (χ4v) is 1.74. The van der Waals surface area contributed by atoms with Gasteiger partial charge in [-0.2, -0.15) is 4.98 Å². The van der Waals surface area contributed by atoms with Crippen LogP contribution in [0.25, 0.3) is 11.4 Å². The second-order valence-electron chi connectivity index (χ2n) is 2.96. The van der Waals surface area contributed by atoms with Crippen molar-refractivity contribution in [1.82, 2.24) is 10.1 Å². The number of halogens is 2. The van der Waals surface area contributed by atoms with E-state index in [1.165, 1.54) is 0 Å². The zero-order valence-electron chi connectivity index (χ0n) is 7.78. The maximum absolute atomic E-state index is 5.58. The fraction of sp³-hybridized carbons (Fsp3) is 0.200. The lowest BCUT2D eigenvalue weighted by molar-refractivity contribution is 0.383. The molecule has 0 fully saturated rings. The molecule has 0 atom stereocenters. The summed E-state index contributed by atoms with van der Waals surface area (Å²) in [5.41, 5.74) is 0.925. The molecule has 3 nitrogen and oxygen atoms in total. The van der Waals surface area contributed by atoms with Gasteiger partial charge in [0.2, 0.25) is 11.7 Å². The molecule has 15 heavy (non-hydrogen) atoms.